The predicted molar refractivity (Wildman–Crippen MR) is 142 cm³/mol. The Bertz CT molecular complexity index is 1240. The Morgan fingerprint density at radius 2 is 1.76 bits per heavy atom. The van der Waals surface area contributed by atoms with E-state index in [2.05, 4.69) is 5.32 Å². The Hall–Kier alpha value is -3.26. The zero-order valence-electron chi connectivity index (χ0n) is 21.6. The van der Waals surface area contributed by atoms with Crippen molar-refractivity contribution in [3.05, 3.63) is 81.9 Å². The van der Waals surface area contributed by atoms with Gasteiger partial charge in [-0.3, -0.25) is 4.79 Å². The van der Waals surface area contributed by atoms with Gasteiger partial charge in [-0.05, 0) is 60.4 Å². The number of rotatable bonds is 9. The van der Waals surface area contributed by atoms with Gasteiger partial charge in [0.1, 0.15) is 12.4 Å². The van der Waals surface area contributed by atoms with Crippen LogP contribution in [0.1, 0.15) is 49.7 Å². The highest BCUT2D eigenvalue weighted by Gasteiger charge is 2.41. The fraction of sp³-hybridized carbons (Fsp3) is 0.379. The summed E-state index contributed by atoms with van der Waals surface area (Å²) in [5.74, 6) is 1.28. The highest BCUT2D eigenvalue weighted by Crippen LogP contribution is 2.46. The molecule has 1 N–H and O–H groups in total. The van der Waals surface area contributed by atoms with Crippen LogP contribution in [0.5, 0.6) is 11.5 Å². The monoisotopic (exact) mass is 525 g/mol. The van der Waals surface area contributed by atoms with Gasteiger partial charge in [-0.2, -0.15) is 11.8 Å². The minimum atomic E-state index is -0.623. The van der Waals surface area contributed by atoms with Gasteiger partial charge in [-0.25, -0.2) is 9.18 Å². The summed E-state index contributed by atoms with van der Waals surface area (Å²) >= 11 is 1.69. The van der Waals surface area contributed by atoms with Gasteiger partial charge >= 0.3 is 5.97 Å². The van der Waals surface area contributed by atoms with Crippen molar-refractivity contribution in [3.63, 3.8) is 0 Å². The van der Waals surface area contributed by atoms with Crippen molar-refractivity contribution in [2.75, 3.05) is 32.3 Å². The molecule has 8 heteroatoms. The number of halogens is 1. The number of hydrogen-bond donors (Lipinski definition) is 1. The summed E-state index contributed by atoms with van der Waals surface area (Å²) in [6.07, 6.45) is 0.864. The van der Waals surface area contributed by atoms with E-state index >= 15 is 0 Å². The third kappa shape index (κ3) is 5.69. The van der Waals surface area contributed by atoms with Crippen LogP contribution in [-0.2, 0) is 14.3 Å². The maximum atomic E-state index is 13.8. The van der Waals surface area contributed by atoms with Crippen LogP contribution in [0.25, 0.3) is 0 Å². The molecule has 1 heterocycles. The van der Waals surface area contributed by atoms with Crippen molar-refractivity contribution in [3.8, 4) is 11.5 Å². The van der Waals surface area contributed by atoms with Crippen LogP contribution in [0, 0.1) is 5.82 Å². The van der Waals surface area contributed by atoms with E-state index < -0.39 is 11.9 Å². The van der Waals surface area contributed by atoms with E-state index in [0.717, 1.165) is 17.0 Å². The zero-order valence-corrected chi connectivity index (χ0v) is 22.4. The molecule has 0 spiro atoms. The Kier molecular flexibility index (Phi) is 8.59. The number of nitrogens with one attached hydrogen (secondary N) is 1. The number of benzene rings is 2. The number of ether oxygens (including phenoxy) is 3. The normalized spacial score (nSPS) is 19.3. The van der Waals surface area contributed by atoms with Crippen molar-refractivity contribution in [2.24, 2.45) is 0 Å². The van der Waals surface area contributed by atoms with E-state index in [4.69, 9.17) is 14.2 Å². The Morgan fingerprint density at radius 1 is 1.05 bits per heavy atom. The standard InChI is InChI=1S/C29H32FNO5S/c1-5-37-13-12-36-29(33)26-17(2)31-22-14-20(19-8-11-24(34-3)25(16-19)35-4)15-23(32)28(22)27(26)18-6-9-21(30)10-7-18/h6-11,16,20,27,31H,5,12-15H2,1-4H3/t20-,27+/m1/s1. The molecule has 1 aliphatic carbocycles. The average Bonchev–Trinajstić information content (AvgIpc) is 2.90. The van der Waals surface area contributed by atoms with Crippen LogP contribution < -0.4 is 14.8 Å². The first-order chi connectivity index (χ1) is 17.9. The topological polar surface area (TPSA) is 73.9 Å². The minimum absolute atomic E-state index is 0.0535. The smallest absolute Gasteiger partial charge is 0.336 e. The lowest BCUT2D eigenvalue weighted by Gasteiger charge is -2.36. The predicted octanol–water partition coefficient (Wildman–Crippen LogP) is 5.50. The van der Waals surface area contributed by atoms with Crippen LogP contribution in [0.2, 0.25) is 0 Å². The summed E-state index contributed by atoms with van der Waals surface area (Å²) < 4.78 is 30.2. The van der Waals surface area contributed by atoms with Gasteiger partial charge in [0, 0.05) is 35.1 Å². The number of hydrogen-bond acceptors (Lipinski definition) is 7. The molecule has 0 amide bonds. The number of carbonyl (C=O) groups excluding carboxylic acids is 2. The Balaban J connectivity index is 1.70. The molecule has 196 valence electrons. The van der Waals surface area contributed by atoms with E-state index in [1.54, 1.807) is 38.1 Å². The summed E-state index contributed by atoms with van der Waals surface area (Å²) in [7, 11) is 3.17. The second-order valence-corrected chi connectivity index (χ2v) is 10.4. The van der Waals surface area contributed by atoms with Crippen LogP contribution in [-0.4, -0.2) is 44.1 Å². The number of methoxy groups -OCH3 is 2. The molecule has 2 aromatic carbocycles. The van der Waals surface area contributed by atoms with Crippen LogP contribution in [0.4, 0.5) is 4.39 Å². The number of ketones is 1. The van der Waals surface area contributed by atoms with Gasteiger partial charge in [0.25, 0.3) is 0 Å². The maximum Gasteiger partial charge on any atom is 0.336 e. The van der Waals surface area contributed by atoms with Gasteiger partial charge < -0.3 is 19.5 Å². The van der Waals surface area contributed by atoms with Crippen molar-refractivity contribution >= 4 is 23.5 Å². The first kappa shape index (κ1) is 26.8. The second kappa shape index (κ2) is 11.9. The fourth-order valence-electron chi connectivity index (χ4n) is 5.06. The lowest BCUT2D eigenvalue weighted by Crippen LogP contribution is -2.36. The summed E-state index contributed by atoms with van der Waals surface area (Å²) in [5, 5.41) is 3.35. The summed E-state index contributed by atoms with van der Waals surface area (Å²) in [6, 6.07) is 11.7. The van der Waals surface area contributed by atoms with Crippen molar-refractivity contribution < 1.29 is 28.2 Å². The molecule has 37 heavy (non-hydrogen) atoms. The number of esters is 1. The first-order valence-electron chi connectivity index (χ1n) is 12.3. The van der Waals surface area contributed by atoms with Crippen LogP contribution >= 0.6 is 11.8 Å². The molecule has 4 rings (SSSR count). The van der Waals surface area contributed by atoms with Crippen LogP contribution in [0.15, 0.2) is 65.0 Å². The summed E-state index contributed by atoms with van der Waals surface area (Å²) in [4.78, 5) is 27.0. The van der Waals surface area contributed by atoms with Gasteiger partial charge in [-0.15, -0.1) is 0 Å². The number of thioether (sulfide) groups is 1. The van der Waals surface area contributed by atoms with E-state index in [9.17, 15) is 14.0 Å². The molecule has 2 aliphatic rings. The third-order valence-electron chi connectivity index (χ3n) is 6.79. The molecule has 0 unspecified atom stereocenters. The number of carbonyl (C=O) groups is 2. The Morgan fingerprint density at radius 3 is 2.43 bits per heavy atom. The lowest BCUT2D eigenvalue weighted by molar-refractivity contribution is -0.138. The lowest BCUT2D eigenvalue weighted by atomic mass is 9.71. The SMILES string of the molecule is CCSCCOC(=O)C1=C(C)NC2=C(C(=O)C[C@H](c3ccc(OC)c(OC)c3)C2)[C@H]1c1ccc(F)cc1. The average molecular weight is 526 g/mol. The number of dihydropyridines is 1. The molecule has 6 nitrogen and oxygen atoms in total. The minimum Gasteiger partial charge on any atom is -0.493 e. The van der Waals surface area contributed by atoms with Gasteiger partial charge in [-0.1, -0.05) is 25.1 Å². The molecule has 0 bridgehead atoms. The molecule has 0 fully saturated rings. The van der Waals surface area contributed by atoms with Crippen molar-refractivity contribution in [1.82, 2.24) is 5.32 Å². The highest BCUT2D eigenvalue weighted by atomic mass is 32.2. The maximum absolute atomic E-state index is 13.8. The van der Waals surface area contributed by atoms with E-state index in [1.165, 1.54) is 12.1 Å². The quantitative estimate of drug-likeness (QED) is 0.342. The zero-order chi connectivity index (χ0) is 26.5. The van der Waals surface area contributed by atoms with Gasteiger partial charge in [0.15, 0.2) is 17.3 Å². The third-order valence-corrected chi connectivity index (χ3v) is 7.66. The molecule has 0 saturated carbocycles. The van der Waals surface area contributed by atoms with E-state index in [-0.39, 0.29) is 30.5 Å². The molecule has 0 saturated heterocycles. The van der Waals surface area contributed by atoms with Gasteiger partial charge in [0.2, 0.25) is 0 Å². The molecule has 2 aromatic rings. The summed E-state index contributed by atoms with van der Waals surface area (Å²) in [5.41, 5.74) is 4.01. The fourth-order valence-corrected chi connectivity index (χ4v) is 5.55. The van der Waals surface area contributed by atoms with E-state index in [1.807, 2.05) is 32.0 Å². The number of Topliss-reactive ketones (excluding diaryl/α,β-unsaturated/α-hetero) is 1. The molecule has 2 atom stereocenters. The first-order valence-corrected chi connectivity index (χ1v) is 13.5. The summed E-state index contributed by atoms with van der Waals surface area (Å²) in [6.45, 7) is 4.15. The van der Waals surface area contributed by atoms with Crippen molar-refractivity contribution in [1.29, 1.82) is 0 Å². The van der Waals surface area contributed by atoms with Crippen molar-refractivity contribution in [2.45, 2.75) is 38.5 Å². The van der Waals surface area contributed by atoms with Gasteiger partial charge in [0.05, 0.1) is 19.8 Å². The van der Waals surface area contributed by atoms with E-state index in [0.29, 0.717) is 46.1 Å². The molecular weight excluding hydrogens is 493 g/mol. The molecule has 1 aliphatic heterocycles. The number of allylic oxidation sites excluding steroid dienone is 3. The highest BCUT2D eigenvalue weighted by molar-refractivity contribution is 7.99. The Labute approximate surface area is 221 Å². The second-order valence-electron chi connectivity index (χ2n) is 9.02. The van der Waals surface area contributed by atoms with Crippen LogP contribution in [0.3, 0.4) is 0 Å². The molecule has 0 aromatic heterocycles. The molecular formula is C29H32FNO5S. The largest absolute Gasteiger partial charge is 0.493 e. The molecule has 0 radical (unpaired) electrons.